The largest absolute Gasteiger partial charge is 0.352 e. The quantitative estimate of drug-likeness (QED) is 0.666. The number of carbonyl (C=O) groups is 3. The number of carbonyl (C=O) groups excluding carboxylic acids is 3. The van der Waals surface area contributed by atoms with Gasteiger partial charge >= 0.3 is 0 Å². The number of fused-ring (bicyclic) bond motifs is 1. The Kier molecular flexibility index (Phi) is 4.99. The minimum Gasteiger partial charge on any atom is -0.352 e. The topological polar surface area (TPSA) is 87.3 Å². The van der Waals surface area contributed by atoms with Crippen molar-refractivity contribution in [1.82, 2.24) is 16.0 Å². The Hall–Kier alpha value is -3.67. The molecule has 0 bridgehead atoms. The summed E-state index contributed by atoms with van der Waals surface area (Å²) in [6, 6.07) is 16.2. The van der Waals surface area contributed by atoms with Crippen LogP contribution in [0, 0.1) is 0 Å². The van der Waals surface area contributed by atoms with E-state index >= 15 is 0 Å². The lowest BCUT2D eigenvalue weighted by molar-refractivity contribution is -0.117. The molecule has 2 aliphatic rings. The van der Waals surface area contributed by atoms with Crippen LogP contribution in [-0.4, -0.2) is 24.3 Å². The second-order valence-corrected chi connectivity index (χ2v) is 6.96. The van der Waals surface area contributed by atoms with Crippen LogP contribution in [0.25, 0.3) is 11.4 Å². The maximum atomic E-state index is 12.7. The molecule has 0 aliphatic carbocycles. The van der Waals surface area contributed by atoms with E-state index in [1.54, 1.807) is 24.3 Å². The minimum absolute atomic E-state index is 0.174. The summed E-state index contributed by atoms with van der Waals surface area (Å²) in [7, 11) is 0. The third kappa shape index (κ3) is 3.45. The zero-order valence-electron chi connectivity index (χ0n) is 16.0. The first-order valence-electron chi connectivity index (χ1n) is 9.66. The molecule has 2 aliphatic heterocycles. The van der Waals surface area contributed by atoms with Gasteiger partial charge in [0.15, 0.2) is 0 Å². The normalized spacial score (nSPS) is 15.3. The van der Waals surface area contributed by atoms with Gasteiger partial charge in [-0.25, -0.2) is 0 Å². The van der Waals surface area contributed by atoms with Crippen LogP contribution < -0.4 is 16.0 Å². The highest BCUT2D eigenvalue weighted by Gasteiger charge is 2.40. The zero-order chi connectivity index (χ0) is 20.4. The van der Waals surface area contributed by atoms with Gasteiger partial charge in [-0.1, -0.05) is 55.8 Å². The summed E-state index contributed by atoms with van der Waals surface area (Å²) < 4.78 is 0. The Morgan fingerprint density at radius 3 is 2.14 bits per heavy atom. The van der Waals surface area contributed by atoms with E-state index in [2.05, 4.69) is 22.9 Å². The fourth-order valence-corrected chi connectivity index (χ4v) is 3.52. The SMILES string of the molecule is CCCCNC(=O)c1cccc(C2=C3C(=O)NC(c4ccccc4)=C3C(=O)N2)c1. The van der Waals surface area contributed by atoms with Crippen molar-refractivity contribution in [2.75, 3.05) is 6.54 Å². The average molecular weight is 387 g/mol. The maximum Gasteiger partial charge on any atom is 0.258 e. The lowest BCUT2D eigenvalue weighted by atomic mass is 10.0. The Bertz CT molecular complexity index is 1070. The molecule has 6 nitrogen and oxygen atoms in total. The van der Waals surface area contributed by atoms with Crippen LogP contribution in [0.15, 0.2) is 65.7 Å². The maximum absolute atomic E-state index is 12.7. The van der Waals surface area contributed by atoms with Crippen LogP contribution in [0.1, 0.15) is 41.3 Å². The van der Waals surface area contributed by atoms with Gasteiger partial charge in [-0.2, -0.15) is 0 Å². The van der Waals surface area contributed by atoms with Crippen molar-refractivity contribution in [3.8, 4) is 0 Å². The monoisotopic (exact) mass is 387 g/mol. The van der Waals surface area contributed by atoms with Gasteiger partial charge in [-0.05, 0) is 29.7 Å². The smallest absolute Gasteiger partial charge is 0.258 e. The first kappa shape index (κ1) is 18.7. The molecule has 3 N–H and O–H groups in total. The number of hydrogen-bond donors (Lipinski definition) is 3. The van der Waals surface area contributed by atoms with E-state index in [4.69, 9.17) is 0 Å². The van der Waals surface area contributed by atoms with E-state index in [0.29, 0.717) is 40.2 Å². The predicted octanol–water partition coefficient (Wildman–Crippen LogP) is 2.60. The molecule has 2 aromatic rings. The minimum atomic E-state index is -0.329. The highest BCUT2D eigenvalue weighted by atomic mass is 16.2. The van der Waals surface area contributed by atoms with E-state index in [1.807, 2.05) is 30.3 Å². The highest BCUT2D eigenvalue weighted by Crippen LogP contribution is 2.37. The molecular weight excluding hydrogens is 366 g/mol. The van der Waals surface area contributed by atoms with Gasteiger partial charge in [0.2, 0.25) is 0 Å². The van der Waals surface area contributed by atoms with E-state index in [9.17, 15) is 14.4 Å². The molecule has 0 unspecified atom stereocenters. The van der Waals surface area contributed by atoms with Crippen LogP contribution in [0.3, 0.4) is 0 Å². The Morgan fingerprint density at radius 1 is 0.862 bits per heavy atom. The van der Waals surface area contributed by atoms with Crippen molar-refractivity contribution in [1.29, 1.82) is 0 Å². The summed E-state index contributed by atoms with van der Waals surface area (Å²) in [6.45, 7) is 2.67. The van der Waals surface area contributed by atoms with Gasteiger partial charge in [-0.3, -0.25) is 14.4 Å². The molecular formula is C23H21N3O3. The molecule has 0 atom stereocenters. The third-order valence-electron chi connectivity index (χ3n) is 4.97. The molecule has 3 amide bonds. The second-order valence-electron chi connectivity index (χ2n) is 6.96. The van der Waals surface area contributed by atoms with Crippen LogP contribution in [0.2, 0.25) is 0 Å². The standard InChI is InChI=1S/C23H21N3O3/c1-2-3-12-24-21(27)16-11-7-10-15(13-16)20-18-17(22(28)26-20)19(25-23(18)29)14-8-5-4-6-9-14/h4-11,13H,2-3,12H2,1H3,(H,24,27)(H,25,29)(H,26,28). The van der Waals surface area contributed by atoms with Gasteiger partial charge in [-0.15, -0.1) is 0 Å². The molecule has 0 spiro atoms. The van der Waals surface area contributed by atoms with Crippen molar-refractivity contribution in [3.05, 3.63) is 82.4 Å². The Labute approximate surface area is 168 Å². The van der Waals surface area contributed by atoms with Crippen LogP contribution in [0.4, 0.5) is 0 Å². The fraction of sp³-hybridized carbons (Fsp3) is 0.174. The summed E-state index contributed by atoms with van der Waals surface area (Å²) in [5.74, 6) is -0.832. The summed E-state index contributed by atoms with van der Waals surface area (Å²) in [6.07, 6.45) is 1.91. The summed E-state index contributed by atoms with van der Waals surface area (Å²) in [5, 5.41) is 8.51. The van der Waals surface area contributed by atoms with Crippen molar-refractivity contribution < 1.29 is 14.4 Å². The first-order valence-corrected chi connectivity index (χ1v) is 9.66. The van der Waals surface area contributed by atoms with Crippen molar-refractivity contribution in [2.24, 2.45) is 0 Å². The molecule has 4 rings (SSSR count). The van der Waals surface area contributed by atoms with Crippen LogP contribution >= 0.6 is 0 Å². The molecule has 0 saturated heterocycles. The third-order valence-corrected chi connectivity index (χ3v) is 4.97. The number of benzene rings is 2. The average Bonchev–Trinajstić information content (AvgIpc) is 3.27. The summed E-state index contributed by atoms with van der Waals surface area (Å²) in [5.41, 5.74) is 3.47. The molecule has 0 radical (unpaired) electrons. The molecule has 0 aromatic heterocycles. The molecule has 29 heavy (non-hydrogen) atoms. The molecule has 2 heterocycles. The Morgan fingerprint density at radius 2 is 1.48 bits per heavy atom. The number of rotatable bonds is 6. The Balaban J connectivity index is 1.72. The van der Waals surface area contributed by atoms with Gasteiger partial charge in [0.05, 0.1) is 22.5 Å². The van der Waals surface area contributed by atoms with E-state index in [0.717, 1.165) is 18.4 Å². The van der Waals surface area contributed by atoms with Gasteiger partial charge in [0.25, 0.3) is 17.7 Å². The highest BCUT2D eigenvalue weighted by molar-refractivity contribution is 6.30. The van der Waals surface area contributed by atoms with Crippen molar-refractivity contribution in [2.45, 2.75) is 19.8 Å². The predicted molar refractivity (Wildman–Crippen MR) is 110 cm³/mol. The van der Waals surface area contributed by atoms with Crippen LogP contribution in [-0.2, 0) is 9.59 Å². The second kappa shape index (κ2) is 7.75. The summed E-state index contributed by atoms with van der Waals surface area (Å²) >= 11 is 0. The van der Waals surface area contributed by atoms with Crippen LogP contribution in [0.5, 0.6) is 0 Å². The van der Waals surface area contributed by atoms with Crippen molar-refractivity contribution in [3.63, 3.8) is 0 Å². The first-order chi connectivity index (χ1) is 14.1. The molecule has 6 heteroatoms. The zero-order valence-corrected chi connectivity index (χ0v) is 16.0. The molecule has 146 valence electrons. The number of hydrogen-bond acceptors (Lipinski definition) is 3. The van der Waals surface area contributed by atoms with Gasteiger partial charge in [0, 0.05) is 12.1 Å². The molecule has 0 fully saturated rings. The van der Waals surface area contributed by atoms with Crippen molar-refractivity contribution >= 4 is 29.1 Å². The van der Waals surface area contributed by atoms with Gasteiger partial charge < -0.3 is 16.0 Å². The number of nitrogens with one attached hydrogen (secondary N) is 3. The lowest BCUT2D eigenvalue weighted by Crippen LogP contribution is -2.24. The molecule has 2 aromatic carbocycles. The molecule has 0 saturated carbocycles. The number of amides is 3. The summed E-state index contributed by atoms with van der Waals surface area (Å²) in [4.78, 5) is 37.7. The van der Waals surface area contributed by atoms with Gasteiger partial charge in [0.1, 0.15) is 0 Å². The fourth-order valence-electron chi connectivity index (χ4n) is 3.52. The van der Waals surface area contributed by atoms with E-state index in [-0.39, 0.29) is 17.7 Å². The van der Waals surface area contributed by atoms with E-state index < -0.39 is 0 Å². The number of unbranched alkanes of at least 4 members (excludes halogenated alkanes) is 1. The van der Waals surface area contributed by atoms with E-state index in [1.165, 1.54) is 0 Å². The lowest BCUT2D eigenvalue weighted by Gasteiger charge is -2.09.